The lowest BCUT2D eigenvalue weighted by Crippen LogP contribution is -2.26. The van der Waals surface area contributed by atoms with Crippen molar-refractivity contribution in [3.05, 3.63) is 29.0 Å². The van der Waals surface area contributed by atoms with Crippen LogP contribution in [0.15, 0.2) is 18.2 Å². The summed E-state index contributed by atoms with van der Waals surface area (Å²) in [6.07, 6.45) is -0.499. The van der Waals surface area contributed by atoms with Crippen molar-refractivity contribution in [3.63, 3.8) is 0 Å². The van der Waals surface area contributed by atoms with Crippen molar-refractivity contribution in [2.75, 3.05) is 31.7 Å². The van der Waals surface area contributed by atoms with E-state index >= 15 is 0 Å². The Bertz CT molecular complexity index is 404. The highest BCUT2D eigenvalue weighted by Gasteiger charge is 2.07. The fourth-order valence-electron chi connectivity index (χ4n) is 1.48. The third-order valence-corrected chi connectivity index (χ3v) is 2.76. The molecule has 1 aromatic rings. The van der Waals surface area contributed by atoms with E-state index in [-0.39, 0.29) is 24.3 Å². The minimum Gasteiger partial charge on any atom is -0.389 e. The lowest BCUT2D eigenvalue weighted by molar-refractivity contribution is -0.00734. The quantitative estimate of drug-likeness (QED) is 0.689. The summed E-state index contributed by atoms with van der Waals surface area (Å²) in [6.45, 7) is 5.31. The second kappa shape index (κ2) is 9.13. The molecule has 4 nitrogen and oxygen atoms in total. The van der Waals surface area contributed by atoms with Gasteiger partial charge in [0.15, 0.2) is 0 Å². The second-order valence-corrected chi connectivity index (χ2v) is 5.06. The molecule has 20 heavy (non-hydrogen) atoms. The molecule has 1 rings (SSSR count). The molecule has 6 heteroatoms. The molecular formula is C14H21ClFNO3. The Hall–Kier alpha value is -0.880. The summed E-state index contributed by atoms with van der Waals surface area (Å²) in [5, 5.41) is 12.9. The monoisotopic (exact) mass is 305 g/mol. The zero-order valence-corrected chi connectivity index (χ0v) is 12.5. The largest absolute Gasteiger partial charge is 0.389 e. The van der Waals surface area contributed by atoms with E-state index in [2.05, 4.69) is 5.32 Å². The first-order chi connectivity index (χ1) is 9.49. The van der Waals surface area contributed by atoms with Gasteiger partial charge in [-0.05, 0) is 32.0 Å². The summed E-state index contributed by atoms with van der Waals surface area (Å²) >= 11 is 5.86. The standard InChI is InChI=1S/C14H21ClFNO3/c1-10(2)20-6-5-19-9-12(18)8-17-14-4-3-11(16)7-13(14)15/h3-4,7,10,12,17-18H,5-6,8-9H2,1-2H3. The van der Waals surface area contributed by atoms with Gasteiger partial charge in [0.1, 0.15) is 5.82 Å². The minimum absolute atomic E-state index is 0.172. The van der Waals surface area contributed by atoms with Crippen LogP contribution >= 0.6 is 11.6 Å². The predicted octanol–water partition coefficient (Wildman–Crippen LogP) is 2.69. The van der Waals surface area contributed by atoms with E-state index in [0.29, 0.717) is 18.9 Å². The summed E-state index contributed by atoms with van der Waals surface area (Å²) in [5.41, 5.74) is 0.579. The number of benzene rings is 1. The molecule has 0 amide bonds. The summed E-state index contributed by atoms with van der Waals surface area (Å²) in [7, 11) is 0. The van der Waals surface area contributed by atoms with Gasteiger partial charge < -0.3 is 19.9 Å². The molecule has 0 bridgehead atoms. The molecule has 0 radical (unpaired) electrons. The van der Waals surface area contributed by atoms with Gasteiger partial charge in [0.25, 0.3) is 0 Å². The van der Waals surface area contributed by atoms with Crippen LogP contribution in [0.4, 0.5) is 10.1 Å². The van der Waals surface area contributed by atoms with Crippen LogP contribution in [0.5, 0.6) is 0 Å². The number of ether oxygens (including phenoxy) is 2. The van der Waals surface area contributed by atoms with Gasteiger partial charge in [-0.25, -0.2) is 4.39 Å². The Labute approximate surface area is 123 Å². The number of aliphatic hydroxyl groups excluding tert-OH is 1. The number of anilines is 1. The van der Waals surface area contributed by atoms with Gasteiger partial charge in [-0.3, -0.25) is 0 Å². The van der Waals surface area contributed by atoms with Crippen molar-refractivity contribution in [3.8, 4) is 0 Å². The van der Waals surface area contributed by atoms with Crippen molar-refractivity contribution >= 4 is 17.3 Å². The predicted molar refractivity (Wildman–Crippen MR) is 77.8 cm³/mol. The van der Waals surface area contributed by atoms with Crippen molar-refractivity contribution in [2.24, 2.45) is 0 Å². The van der Waals surface area contributed by atoms with Gasteiger partial charge in [0.05, 0.1) is 42.7 Å². The van der Waals surface area contributed by atoms with Crippen LogP contribution in [-0.2, 0) is 9.47 Å². The van der Waals surface area contributed by atoms with Crippen molar-refractivity contribution in [1.82, 2.24) is 0 Å². The van der Waals surface area contributed by atoms with Crippen LogP contribution in [0.25, 0.3) is 0 Å². The molecular weight excluding hydrogens is 285 g/mol. The Morgan fingerprint density at radius 1 is 1.35 bits per heavy atom. The molecule has 114 valence electrons. The Morgan fingerprint density at radius 3 is 2.75 bits per heavy atom. The maximum Gasteiger partial charge on any atom is 0.124 e. The number of rotatable bonds is 9. The highest BCUT2D eigenvalue weighted by molar-refractivity contribution is 6.33. The second-order valence-electron chi connectivity index (χ2n) is 4.65. The molecule has 1 atom stereocenters. The molecule has 0 fully saturated rings. The molecule has 1 aromatic carbocycles. The molecule has 0 aromatic heterocycles. The number of nitrogens with one attached hydrogen (secondary N) is 1. The summed E-state index contributed by atoms with van der Waals surface area (Å²) < 4.78 is 23.4. The van der Waals surface area contributed by atoms with Crippen molar-refractivity contribution in [2.45, 2.75) is 26.1 Å². The summed E-state index contributed by atoms with van der Waals surface area (Å²) in [6, 6.07) is 4.05. The molecule has 0 saturated heterocycles. The number of halogens is 2. The van der Waals surface area contributed by atoms with E-state index in [1.54, 1.807) is 0 Å². The van der Waals surface area contributed by atoms with Crippen LogP contribution in [0.1, 0.15) is 13.8 Å². The summed E-state index contributed by atoms with van der Waals surface area (Å²) in [4.78, 5) is 0. The molecule has 0 spiro atoms. The average molecular weight is 306 g/mol. The van der Waals surface area contributed by atoms with E-state index in [0.717, 1.165) is 0 Å². The van der Waals surface area contributed by atoms with Gasteiger partial charge in [-0.15, -0.1) is 0 Å². The van der Waals surface area contributed by atoms with Gasteiger partial charge in [0.2, 0.25) is 0 Å². The van der Waals surface area contributed by atoms with Gasteiger partial charge in [0, 0.05) is 6.54 Å². The molecule has 1 unspecified atom stereocenters. The fourth-order valence-corrected chi connectivity index (χ4v) is 1.72. The molecule has 0 saturated carbocycles. The lowest BCUT2D eigenvalue weighted by Gasteiger charge is -2.14. The van der Waals surface area contributed by atoms with Crippen molar-refractivity contribution in [1.29, 1.82) is 0 Å². The number of hydrogen-bond donors (Lipinski definition) is 2. The SMILES string of the molecule is CC(C)OCCOCC(O)CNc1ccc(F)cc1Cl. The maximum absolute atomic E-state index is 12.8. The van der Waals surface area contributed by atoms with Gasteiger partial charge >= 0.3 is 0 Å². The van der Waals surface area contributed by atoms with Gasteiger partial charge in [-0.2, -0.15) is 0 Å². The lowest BCUT2D eigenvalue weighted by atomic mass is 10.3. The Morgan fingerprint density at radius 2 is 2.10 bits per heavy atom. The highest BCUT2D eigenvalue weighted by Crippen LogP contribution is 2.22. The molecule has 0 heterocycles. The van der Waals surface area contributed by atoms with E-state index in [9.17, 15) is 9.50 Å². The van der Waals surface area contributed by atoms with E-state index in [4.69, 9.17) is 21.1 Å². The molecule has 0 aliphatic heterocycles. The van der Waals surface area contributed by atoms with E-state index in [1.807, 2.05) is 13.8 Å². The third kappa shape index (κ3) is 7.05. The van der Waals surface area contributed by atoms with Crippen LogP contribution < -0.4 is 5.32 Å². The Kier molecular flexibility index (Phi) is 7.84. The van der Waals surface area contributed by atoms with Crippen LogP contribution in [-0.4, -0.2) is 43.7 Å². The first kappa shape index (κ1) is 17.2. The molecule has 2 N–H and O–H groups in total. The number of aliphatic hydroxyl groups is 1. The molecule has 0 aliphatic rings. The zero-order chi connectivity index (χ0) is 15.0. The minimum atomic E-state index is -0.671. The highest BCUT2D eigenvalue weighted by atomic mass is 35.5. The number of hydrogen-bond acceptors (Lipinski definition) is 4. The van der Waals surface area contributed by atoms with E-state index in [1.165, 1.54) is 18.2 Å². The first-order valence-electron chi connectivity index (χ1n) is 6.55. The van der Waals surface area contributed by atoms with Crippen molar-refractivity contribution < 1.29 is 19.0 Å². The normalized spacial score (nSPS) is 12.7. The van der Waals surface area contributed by atoms with Gasteiger partial charge in [-0.1, -0.05) is 11.6 Å². The fraction of sp³-hybridized carbons (Fsp3) is 0.571. The first-order valence-corrected chi connectivity index (χ1v) is 6.93. The molecule has 0 aliphatic carbocycles. The smallest absolute Gasteiger partial charge is 0.124 e. The third-order valence-electron chi connectivity index (χ3n) is 2.45. The van der Waals surface area contributed by atoms with Crippen LogP contribution in [0, 0.1) is 5.82 Å². The summed E-state index contributed by atoms with van der Waals surface area (Å²) in [5.74, 6) is -0.394. The van der Waals surface area contributed by atoms with Crippen LogP contribution in [0.3, 0.4) is 0 Å². The zero-order valence-electron chi connectivity index (χ0n) is 11.7. The maximum atomic E-state index is 12.8. The Balaban J connectivity index is 2.18. The van der Waals surface area contributed by atoms with E-state index < -0.39 is 11.9 Å². The topological polar surface area (TPSA) is 50.7 Å². The van der Waals surface area contributed by atoms with Crippen LogP contribution in [0.2, 0.25) is 5.02 Å². The average Bonchev–Trinajstić information content (AvgIpc) is 2.37.